The molecule has 0 spiro atoms. The molecule has 3 nitrogen and oxygen atoms in total. The van der Waals surface area contributed by atoms with E-state index in [1.807, 2.05) is 6.92 Å². The van der Waals surface area contributed by atoms with Crippen LogP contribution in [0.4, 0.5) is 0 Å². The van der Waals surface area contributed by atoms with Crippen molar-refractivity contribution in [2.75, 3.05) is 0 Å². The van der Waals surface area contributed by atoms with Crippen LogP contribution in [0.25, 0.3) is 0 Å². The van der Waals surface area contributed by atoms with Crippen LogP contribution in [0.2, 0.25) is 0 Å². The van der Waals surface area contributed by atoms with Gasteiger partial charge in [-0.25, -0.2) is 0 Å². The van der Waals surface area contributed by atoms with Gasteiger partial charge in [-0.3, -0.25) is 4.79 Å². The number of aliphatic hydroxyl groups is 2. The average molecular weight is 445 g/mol. The van der Waals surface area contributed by atoms with Crippen LogP contribution in [0.15, 0.2) is 0 Å². The van der Waals surface area contributed by atoms with Gasteiger partial charge < -0.3 is 10.2 Å². The molecule has 5 aliphatic rings. The van der Waals surface area contributed by atoms with Gasteiger partial charge >= 0.3 is 0 Å². The van der Waals surface area contributed by atoms with Gasteiger partial charge in [0.15, 0.2) is 0 Å². The van der Waals surface area contributed by atoms with E-state index in [2.05, 4.69) is 41.5 Å². The maximum absolute atomic E-state index is 12.7. The van der Waals surface area contributed by atoms with Crippen LogP contribution >= 0.6 is 0 Å². The van der Waals surface area contributed by atoms with E-state index in [0.29, 0.717) is 23.5 Å². The topological polar surface area (TPSA) is 57.5 Å². The molecular formula is C29H48O3. The van der Waals surface area contributed by atoms with E-state index in [9.17, 15) is 15.0 Å². The SMILES string of the molecule is CC(=O)C1CC[C@]2(C)CC[C@]3(C)C(C[C@@H](O)[C@@H]4[C@@]5(C)CC[C@H](O)C(C)(C)C5CC[C@]43C)C12. The fourth-order valence-electron chi connectivity index (χ4n) is 11.5. The minimum absolute atomic E-state index is 0.0690. The minimum Gasteiger partial charge on any atom is -0.393 e. The van der Waals surface area contributed by atoms with Gasteiger partial charge in [-0.1, -0.05) is 41.5 Å². The third-order valence-electron chi connectivity index (χ3n) is 13.3. The predicted octanol–water partition coefficient (Wildman–Crippen LogP) is 6.01. The Labute approximate surface area is 196 Å². The smallest absolute Gasteiger partial charge is 0.133 e. The normalized spacial score (nSPS) is 58.8. The van der Waals surface area contributed by atoms with Crippen LogP contribution in [0, 0.1) is 56.7 Å². The molecule has 0 saturated heterocycles. The number of hydrogen-bond acceptors (Lipinski definition) is 3. The maximum Gasteiger partial charge on any atom is 0.133 e. The van der Waals surface area contributed by atoms with E-state index >= 15 is 0 Å². The molecule has 5 saturated carbocycles. The van der Waals surface area contributed by atoms with Gasteiger partial charge in [0.05, 0.1) is 12.2 Å². The third-order valence-corrected chi connectivity index (χ3v) is 13.3. The molecule has 0 aliphatic heterocycles. The van der Waals surface area contributed by atoms with E-state index in [0.717, 1.165) is 38.5 Å². The lowest BCUT2D eigenvalue weighted by atomic mass is 9.32. The highest BCUT2D eigenvalue weighted by molar-refractivity contribution is 5.79. The van der Waals surface area contributed by atoms with E-state index in [-0.39, 0.29) is 51.1 Å². The van der Waals surface area contributed by atoms with Gasteiger partial charge in [0, 0.05) is 5.92 Å². The minimum atomic E-state index is -0.299. The van der Waals surface area contributed by atoms with Crippen LogP contribution in [0.1, 0.15) is 106 Å². The summed E-state index contributed by atoms with van der Waals surface area (Å²) in [6, 6.07) is 0. The zero-order chi connectivity index (χ0) is 23.5. The first-order valence-electron chi connectivity index (χ1n) is 13.6. The van der Waals surface area contributed by atoms with Gasteiger partial charge in [0.1, 0.15) is 5.78 Å². The number of aliphatic hydroxyl groups excluding tert-OH is 2. The van der Waals surface area contributed by atoms with Crippen molar-refractivity contribution in [1.82, 2.24) is 0 Å². The molecule has 5 aliphatic carbocycles. The first-order valence-corrected chi connectivity index (χ1v) is 13.6. The molecule has 0 aromatic carbocycles. The monoisotopic (exact) mass is 444 g/mol. The molecule has 2 N–H and O–H groups in total. The molecule has 0 aromatic rings. The molecular weight excluding hydrogens is 396 g/mol. The second-order valence-corrected chi connectivity index (χ2v) is 14.6. The lowest BCUT2D eigenvalue weighted by Gasteiger charge is -2.73. The highest BCUT2D eigenvalue weighted by atomic mass is 16.3. The van der Waals surface area contributed by atoms with E-state index in [4.69, 9.17) is 0 Å². The fraction of sp³-hybridized carbons (Fsp3) is 0.966. The van der Waals surface area contributed by atoms with Gasteiger partial charge in [-0.2, -0.15) is 0 Å². The highest BCUT2D eigenvalue weighted by Gasteiger charge is 2.72. The van der Waals surface area contributed by atoms with E-state index < -0.39 is 0 Å². The van der Waals surface area contributed by atoms with E-state index in [1.165, 1.54) is 19.3 Å². The third kappa shape index (κ3) is 2.65. The van der Waals surface area contributed by atoms with Crippen molar-refractivity contribution in [3.8, 4) is 0 Å². The summed E-state index contributed by atoms with van der Waals surface area (Å²) in [5.74, 6) is 2.17. The number of rotatable bonds is 1. The fourth-order valence-corrected chi connectivity index (χ4v) is 11.5. The van der Waals surface area contributed by atoms with Crippen LogP contribution in [0.5, 0.6) is 0 Å². The summed E-state index contributed by atoms with van der Waals surface area (Å²) in [6.45, 7) is 16.3. The largest absolute Gasteiger partial charge is 0.393 e. The number of hydrogen-bond donors (Lipinski definition) is 2. The lowest BCUT2D eigenvalue weighted by Crippen LogP contribution is -2.69. The molecule has 182 valence electrons. The Kier molecular flexibility index (Phi) is 4.99. The summed E-state index contributed by atoms with van der Waals surface area (Å²) < 4.78 is 0. The van der Waals surface area contributed by atoms with Gasteiger partial charge in [0.25, 0.3) is 0 Å². The molecule has 11 atom stereocenters. The molecule has 4 unspecified atom stereocenters. The second kappa shape index (κ2) is 6.84. The molecule has 32 heavy (non-hydrogen) atoms. The Morgan fingerprint density at radius 2 is 1.50 bits per heavy atom. The molecule has 5 fully saturated rings. The van der Waals surface area contributed by atoms with Crippen molar-refractivity contribution in [1.29, 1.82) is 0 Å². The second-order valence-electron chi connectivity index (χ2n) is 14.6. The average Bonchev–Trinajstić information content (AvgIpc) is 3.05. The summed E-state index contributed by atoms with van der Waals surface area (Å²) in [5, 5.41) is 22.8. The van der Waals surface area contributed by atoms with Crippen LogP contribution < -0.4 is 0 Å². The number of fused-ring (bicyclic) bond motifs is 7. The first-order chi connectivity index (χ1) is 14.7. The Morgan fingerprint density at radius 3 is 2.16 bits per heavy atom. The van der Waals surface area contributed by atoms with Crippen LogP contribution in [-0.2, 0) is 4.79 Å². The van der Waals surface area contributed by atoms with Gasteiger partial charge in [-0.15, -0.1) is 0 Å². The molecule has 5 rings (SSSR count). The Hall–Kier alpha value is -0.410. The summed E-state index contributed by atoms with van der Waals surface area (Å²) in [4.78, 5) is 12.7. The summed E-state index contributed by atoms with van der Waals surface area (Å²) in [6.07, 6.45) is 9.20. The Balaban J connectivity index is 1.59. The van der Waals surface area contributed by atoms with E-state index in [1.54, 1.807) is 0 Å². The summed E-state index contributed by atoms with van der Waals surface area (Å²) in [7, 11) is 0. The quantitative estimate of drug-likeness (QED) is 0.521. The highest BCUT2D eigenvalue weighted by Crippen LogP contribution is 2.77. The molecule has 3 heteroatoms. The zero-order valence-corrected chi connectivity index (χ0v) is 21.7. The molecule has 0 amide bonds. The lowest BCUT2D eigenvalue weighted by molar-refractivity contribution is -0.275. The Morgan fingerprint density at radius 1 is 0.812 bits per heavy atom. The van der Waals surface area contributed by atoms with Crippen molar-refractivity contribution < 1.29 is 15.0 Å². The van der Waals surface area contributed by atoms with Crippen molar-refractivity contribution in [3.05, 3.63) is 0 Å². The predicted molar refractivity (Wildman–Crippen MR) is 128 cm³/mol. The number of carbonyl (C=O) groups is 1. The number of Topliss-reactive ketones (excluding diaryl/α,β-unsaturated/α-hetero) is 1. The molecule has 0 radical (unpaired) electrons. The molecule has 0 bridgehead atoms. The van der Waals surface area contributed by atoms with Gasteiger partial charge in [0.2, 0.25) is 0 Å². The summed E-state index contributed by atoms with van der Waals surface area (Å²) in [5.41, 5.74) is 0.501. The van der Waals surface area contributed by atoms with Crippen molar-refractivity contribution in [3.63, 3.8) is 0 Å². The molecule has 0 aromatic heterocycles. The van der Waals surface area contributed by atoms with Crippen molar-refractivity contribution >= 4 is 5.78 Å². The number of carbonyl (C=O) groups excluding carboxylic acids is 1. The van der Waals surface area contributed by atoms with Crippen LogP contribution in [0.3, 0.4) is 0 Å². The van der Waals surface area contributed by atoms with Crippen molar-refractivity contribution in [2.24, 2.45) is 56.7 Å². The first kappa shape index (κ1) is 23.3. The Bertz CT molecular complexity index is 804. The van der Waals surface area contributed by atoms with Crippen molar-refractivity contribution in [2.45, 2.75) is 118 Å². The standard InChI is InChI=1S/C29H48O3/c1-17(30)18-8-11-26(4)14-15-28(6)19(23(18)26)16-20(31)24-27(5)12-10-22(32)25(2,3)21(27)9-13-29(24,28)7/h18-24,31-32H,8-16H2,1-7H3/t18?,19?,20-,21?,22+,23?,24-,26-,27+,28-,29-/m1/s1. The zero-order valence-electron chi connectivity index (χ0n) is 21.7. The maximum atomic E-state index is 12.7. The van der Waals surface area contributed by atoms with Crippen LogP contribution in [-0.4, -0.2) is 28.2 Å². The summed E-state index contributed by atoms with van der Waals surface area (Å²) >= 11 is 0. The molecule has 0 heterocycles. The van der Waals surface area contributed by atoms with Gasteiger partial charge in [-0.05, 0) is 115 Å². The number of ketones is 1.